The molecule has 2 N–H and O–H groups in total. The van der Waals surface area contributed by atoms with Gasteiger partial charge in [-0.3, -0.25) is 10.1 Å². The minimum atomic E-state index is -0.426. The van der Waals surface area contributed by atoms with Crippen molar-refractivity contribution < 1.29 is 9.66 Å². The summed E-state index contributed by atoms with van der Waals surface area (Å²) >= 11 is 0. The molecule has 0 amide bonds. The Morgan fingerprint density at radius 2 is 2.06 bits per heavy atom. The maximum absolute atomic E-state index is 10.7. The van der Waals surface area contributed by atoms with Crippen LogP contribution in [0.15, 0.2) is 18.2 Å². The lowest BCUT2D eigenvalue weighted by Crippen LogP contribution is -2.06. The van der Waals surface area contributed by atoms with Crippen LogP contribution in [-0.2, 0) is 0 Å². The quantitative estimate of drug-likeness (QED) is 0.643. The van der Waals surface area contributed by atoms with Gasteiger partial charge in [-0.25, -0.2) is 0 Å². The standard InChI is InChI=1S/C12H16N2O3/c1-12(2)10(11(12)13)8-5-4-7(14(15)16)6-9(8)17-3/h4-6,10-11H,13H2,1-3H3/t10-,11-/m0/s1. The highest BCUT2D eigenvalue weighted by Crippen LogP contribution is 2.59. The molecular weight excluding hydrogens is 220 g/mol. The van der Waals surface area contributed by atoms with Crippen LogP contribution in [0.3, 0.4) is 0 Å². The Hall–Kier alpha value is -1.62. The zero-order chi connectivity index (χ0) is 12.8. The average molecular weight is 236 g/mol. The first-order valence-electron chi connectivity index (χ1n) is 5.47. The van der Waals surface area contributed by atoms with E-state index in [0.29, 0.717) is 5.75 Å². The third-order valence-electron chi connectivity index (χ3n) is 3.67. The predicted molar refractivity (Wildman–Crippen MR) is 64.1 cm³/mol. The second kappa shape index (κ2) is 3.70. The van der Waals surface area contributed by atoms with Crippen molar-refractivity contribution in [1.82, 2.24) is 0 Å². The van der Waals surface area contributed by atoms with Crippen LogP contribution in [0, 0.1) is 15.5 Å². The molecule has 0 bridgehead atoms. The number of nitrogens with zero attached hydrogens (tertiary/aromatic N) is 1. The molecule has 1 aromatic carbocycles. The summed E-state index contributed by atoms with van der Waals surface area (Å²) in [5.41, 5.74) is 7.03. The van der Waals surface area contributed by atoms with E-state index in [1.165, 1.54) is 19.2 Å². The molecule has 92 valence electrons. The first kappa shape index (κ1) is 11.9. The maximum Gasteiger partial charge on any atom is 0.273 e. The van der Waals surface area contributed by atoms with E-state index in [-0.39, 0.29) is 23.1 Å². The van der Waals surface area contributed by atoms with Crippen LogP contribution in [0.2, 0.25) is 0 Å². The lowest BCUT2D eigenvalue weighted by atomic mass is 10.0. The van der Waals surface area contributed by atoms with E-state index in [1.807, 2.05) is 0 Å². The summed E-state index contributed by atoms with van der Waals surface area (Å²) in [6, 6.07) is 4.78. The number of benzene rings is 1. The maximum atomic E-state index is 10.7. The number of hydrogen-bond donors (Lipinski definition) is 1. The second-order valence-corrected chi connectivity index (χ2v) is 5.01. The van der Waals surface area contributed by atoms with Crippen LogP contribution in [0.5, 0.6) is 5.75 Å². The van der Waals surface area contributed by atoms with Gasteiger partial charge in [0.2, 0.25) is 0 Å². The van der Waals surface area contributed by atoms with E-state index < -0.39 is 4.92 Å². The van der Waals surface area contributed by atoms with E-state index in [0.717, 1.165) is 5.56 Å². The zero-order valence-electron chi connectivity index (χ0n) is 10.1. The van der Waals surface area contributed by atoms with Crippen molar-refractivity contribution in [2.24, 2.45) is 11.1 Å². The first-order valence-corrected chi connectivity index (χ1v) is 5.47. The molecule has 0 spiro atoms. The number of hydrogen-bond acceptors (Lipinski definition) is 4. The van der Waals surface area contributed by atoms with E-state index >= 15 is 0 Å². The highest BCUT2D eigenvalue weighted by atomic mass is 16.6. The van der Waals surface area contributed by atoms with Crippen molar-refractivity contribution in [1.29, 1.82) is 0 Å². The summed E-state index contributed by atoms with van der Waals surface area (Å²) in [5.74, 6) is 0.753. The molecule has 5 nitrogen and oxygen atoms in total. The smallest absolute Gasteiger partial charge is 0.273 e. The summed E-state index contributed by atoms with van der Waals surface area (Å²) in [4.78, 5) is 10.3. The molecule has 0 radical (unpaired) electrons. The van der Waals surface area contributed by atoms with Crippen molar-refractivity contribution >= 4 is 5.69 Å². The van der Waals surface area contributed by atoms with Gasteiger partial charge in [-0.05, 0) is 17.0 Å². The lowest BCUT2D eigenvalue weighted by Gasteiger charge is -2.09. The largest absolute Gasteiger partial charge is 0.496 e. The Labute approximate surface area is 99.7 Å². The SMILES string of the molecule is COc1cc([N+](=O)[O-])ccc1[C@H]1[C@H](N)C1(C)C. The Morgan fingerprint density at radius 1 is 1.47 bits per heavy atom. The van der Waals surface area contributed by atoms with Gasteiger partial charge in [0.1, 0.15) is 5.75 Å². The minimum absolute atomic E-state index is 0.0312. The van der Waals surface area contributed by atoms with Crippen LogP contribution in [0.4, 0.5) is 5.69 Å². The van der Waals surface area contributed by atoms with Crippen molar-refractivity contribution in [3.8, 4) is 5.75 Å². The highest BCUT2D eigenvalue weighted by Gasteiger charge is 2.57. The Kier molecular flexibility index (Phi) is 2.58. The molecule has 0 aromatic heterocycles. The third kappa shape index (κ3) is 1.76. The average Bonchev–Trinajstić information content (AvgIpc) is 2.77. The monoisotopic (exact) mass is 236 g/mol. The van der Waals surface area contributed by atoms with E-state index in [1.54, 1.807) is 6.07 Å². The van der Waals surface area contributed by atoms with Gasteiger partial charge >= 0.3 is 0 Å². The van der Waals surface area contributed by atoms with Gasteiger partial charge < -0.3 is 10.5 Å². The van der Waals surface area contributed by atoms with Crippen LogP contribution >= 0.6 is 0 Å². The number of ether oxygens (including phenoxy) is 1. The number of nitro benzene ring substituents is 1. The van der Waals surface area contributed by atoms with Gasteiger partial charge in [0.05, 0.1) is 18.1 Å². The molecule has 1 saturated carbocycles. The fraction of sp³-hybridized carbons (Fsp3) is 0.500. The molecule has 5 heteroatoms. The van der Waals surface area contributed by atoms with Gasteiger partial charge in [0.25, 0.3) is 5.69 Å². The molecule has 1 fully saturated rings. The van der Waals surface area contributed by atoms with E-state index in [2.05, 4.69) is 13.8 Å². The summed E-state index contributed by atoms with van der Waals surface area (Å²) in [7, 11) is 1.52. The molecule has 1 aliphatic carbocycles. The number of nitrogens with two attached hydrogens (primary N) is 1. The van der Waals surface area contributed by atoms with Gasteiger partial charge in [-0.1, -0.05) is 13.8 Å². The highest BCUT2D eigenvalue weighted by molar-refractivity contribution is 5.50. The van der Waals surface area contributed by atoms with Crippen molar-refractivity contribution in [2.75, 3.05) is 7.11 Å². The Balaban J connectivity index is 2.40. The number of nitro groups is 1. The molecule has 0 unspecified atom stereocenters. The normalized spacial score (nSPS) is 25.4. The Morgan fingerprint density at radius 3 is 2.47 bits per heavy atom. The second-order valence-electron chi connectivity index (χ2n) is 5.01. The zero-order valence-corrected chi connectivity index (χ0v) is 10.1. The Bertz CT molecular complexity index is 471. The number of methoxy groups -OCH3 is 1. The van der Waals surface area contributed by atoms with Crippen molar-refractivity contribution in [2.45, 2.75) is 25.8 Å². The lowest BCUT2D eigenvalue weighted by molar-refractivity contribution is -0.384. The number of rotatable bonds is 3. The van der Waals surface area contributed by atoms with Crippen LogP contribution in [0.1, 0.15) is 25.3 Å². The molecular formula is C12H16N2O3. The summed E-state index contributed by atoms with van der Waals surface area (Å²) in [6.45, 7) is 4.17. The van der Waals surface area contributed by atoms with E-state index in [4.69, 9.17) is 10.5 Å². The van der Waals surface area contributed by atoms with Gasteiger partial charge in [0, 0.05) is 18.0 Å². The molecule has 1 aliphatic rings. The van der Waals surface area contributed by atoms with Crippen LogP contribution in [0.25, 0.3) is 0 Å². The summed E-state index contributed by atoms with van der Waals surface area (Å²) in [6.07, 6.45) is 0. The summed E-state index contributed by atoms with van der Waals surface area (Å²) in [5, 5.41) is 10.7. The topological polar surface area (TPSA) is 78.4 Å². The number of non-ortho nitro benzene ring substituents is 1. The predicted octanol–water partition coefficient (Wildman–Crippen LogP) is 2.05. The van der Waals surface area contributed by atoms with Gasteiger partial charge in [-0.15, -0.1) is 0 Å². The first-order chi connectivity index (χ1) is 7.89. The molecule has 0 aliphatic heterocycles. The summed E-state index contributed by atoms with van der Waals surface area (Å²) < 4.78 is 5.22. The van der Waals surface area contributed by atoms with Crippen LogP contribution in [-0.4, -0.2) is 18.1 Å². The van der Waals surface area contributed by atoms with Gasteiger partial charge in [0.15, 0.2) is 0 Å². The van der Waals surface area contributed by atoms with Crippen molar-refractivity contribution in [3.63, 3.8) is 0 Å². The fourth-order valence-electron chi connectivity index (χ4n) is 2.34. The molecule has 1 aromatic rings. The van der Waals surface area contributed by atoms with Gasteiger partial charge in [-0.2, -0.15) is 0 Å². The molecule has 2 atom stereocenters. The van der Waals surface area contributed by atoms with Crippen molar-refractivity contribution in [3.05, 3.63) is 33.9 Å². The molecule has 17 heavy (non-hydrogen) atoms. The fourth-order valence-corrected chi connectivity index (χ4v) is 2.34. The molecule has 2 rings (SSSR count). The molecule has 0 saturated heterocycles. The molecule has 0 heterocycles. The van der Waals surface area contributed by atoms with E-state index in [9.17, 15) is 10.1 Å². The minimum Gasteiger partial charge on any atom is -0.496 e. The third-order valence-corrected chi connectivity index (χ3v) is 3.67. The van der Waals surface area contributed by atoms with Crippen LogP contribution < -0.4 is 10.5 Å².